The lowest BCUT2D eigenvalue weighted by molar-refractivity contribution is 0.545. The van der Waals surface area contributed by atoms with E-state index in [1.54, 1.807) is 6.07 Å². The first-order chi connectivity index (χ1) is 8.13. The van der Waals surface area contributed by atoms with Gasteiger partial charge in [-0.05, 0) is 25.0 Å². The van der Waals surface area contributed by atoms with Gasteiger partial charge in [-0.1, -0.05) is 26.3 Å². The Hall–Kier alpha value is -0.760. The molecule has 0 fully saturated rings. The number of alkyl halides is 1. The predicted molar refractivity (Wildman–Crippen MR) is 73.3 cm³/mol. The summed E-state index contributed by atoms with van der Waals surface area (Å²) in [4.78, 5) is 2.20. The van der Waals surface area contributed by atoms with E-state index >= 15 is 0 Å². The Morgan fingerprint density at radius 1 is 1.35 bits per heavy atom. The minimum absolute atomic E-state index is 0.208. The lowest BCUT2D eigenvalue weighted by Crippen LogP contribution is -2.29. The van der Waals surface area contributed by atoms with E-state index in [0.29, 0.717) is 11.5 Å². The van der Waals surface area contributed by atoms with Crippen LogP contribution >= 0.6 is 11.6 Å². The summed E-state index contributed by atoms with van der Waals surface area (Å²) >= 11 is 5.84. The summed E-state index contributed by atoms with van der Waals surface area (Å²) in [5.41, 5.74) is 1.54. The molecule has 1 aromatic carbocycles. The summed E-state index contributed by atoms with van der Waals surface area (Å²) in [6.07, 6.45) is 1.13. The molecule has 3 heteroatoms. The van der Waals surface area contributed by atoms with Crippen molar-refractivity contribution in [3.63, 3.8) is 0 Å². The van der Waals surface area contributed by atoms with Gasteiger partial charge in [-0.15, -0.1) is 11.6 Å². The van der Waals surface area contributed by atoms with Gasteiger partial charge in [0, 0.05) is 24.3 Å². The fraction of sp³-hybridized carbons (Fsp3) is 0.571. The van der Waals surface area contributed by atoms with Gasteiger partial charge in [-0.3, -0.25) is 0 Å². The third-order valence-electron chi connectivity index (χ3n) is 3.18. The van der Waals surface area contributed by atoms with Crippen LogP contribution in [0.4, 0.5) is 10.1 Å². The van der Waals surface area contributed by atoms with Gasteiger partial charge in [0.15, 0.2) is 0 Å². The van der Waals surface area contributed by atoms with Crippen molar-refractivity contribution in [3.8, 4) is 0 Å². The number of nitrogens with zero attached hydrogens (tertiary/aromatic N) is 1. The van der Waals surface area contributed by atoms with Gasteiger partial charge < -0.3 is 4.90 Å². The Morgan fingerprint density at radius 3 is 2.59 bits per heavy atom. The summed E-state index contributed by atoms with van der Waals surface area (Å²) in [6.45, 7) is 8.29. The molecule has 1 nitrogen and oxygen atoms in total. The van der Waals surface area contributed by atoms with Crippen LogP contribution in [0.15, 0.2) is 18.2 Å². The quantitative estimate of drug-likeness (QED) is 0.681. The number of hydrogen-bond acceptors (Lipinski definition) is 1. The molecule has 0 heterocycles. The van der Waals surface area contributed by atoms with E-state index < -0.39 is 0 Å². The topological polar surface area (TPSA) is 3.24 Å². The van der Waals surface area contributed by atoms with Gasteiger partial charge in [0.2, 0.25) is 0 Å². The monoisotopic (exact) mass is 257 g/mol. The summed E-state index contributed by atoms with van der Waals surface area (Å²) in [6, 6.07) is 5.17. The lowest BCUT2D eigenvalue weighted by atomic mass is 10.1. The average Bonchev–Trinajstić information content (AvgIpc) is 2.35. The molecule has 1 atom stereocenters. The highest BCUT2D eigenvalue weighted by molar-refractivity contribution is 6.17. The fourth-order valence-electron chi connectivity index (χ4n) is 1.88. The molecule has 0 amide bonds. The van der Waals surface area contributed by atoms with E-state index in [-0.39, 0.29) is 11.7 Å². The van der Waals surface area contributed by atoms with Gasteiger partial charge in [0.05, 0.1) is 5.88 Å². The van der Waals surface area contributed by atoms with Crippen molar-refractivity contribution in [2.45, 2.75) is 33.1 Å². The van der Waals surface area contributed by atoms with E-state index in [1.807, 2.05) is 6.07 Å². The van der Waals surface area contributed by atoms with Crippen molar-refractivity contribution in [1.29, 1.82) is 0 Å². The second-order valence-electron chi connectivity index (χ2n) is 4.42. The average molecular weight is 258 g/mol. The van der Waals surface area contributed by atoms with E-state index in [2.05, 4.69) is 25.7 Å². The highest BCUT2D eigenvalue weighted by Gasteiger charge is 2.14. The van der Waals surface area contributed by atoms with Crippen LogP contribution in [0, 0.1) is 11.7 Å². The number of hydrogen-bond donors (Lipinski definition) is 0. The van der Waals surface area contributed by atoms with Gasteiger partial charge in [-0.25, -0.2) is 4.39 Å². The Kier molecular flexibility index (Phi) is 5.76. The molecular weight excluding hydrogens is 237 g/mol. The first kappa shape index (κ1) is 14.3. The number of benzene rings is 1. The molecule has 0 aliphatic carbocycles. The third kappa shape index (κ3) is 3.60. The van der Waals surface area contributed by atoms with Gasteiger partial charge in [-0.2, -0.15) is 0 Å². The van der Waals surface area contributed by atoms with Crippen molar-refractivity contribution < 1.29 is 4.39 Å². The predicted octanol–water partition coefficient (Wildman–Crippen LogP) is 4.44. The molecule has 0 saturated heterocycles. The third-order valence-corrected chi connectivity index (χ3v) is 3.45. The van der Waals surface area contributed by atoms with Crippen LogP contribution in [0.1, 0.15) is 32.8 Å². The maximum absolute atomic E-state index is 13.7. The van der Waals surface area contributed by atoms with Crippen LogP contribution in [-0.2, 0) is 5.88 Å². The Labute approximate surface area is 109 Å². The molecule has 1 unspecified atom stereocenters. The second-order valence-corrected chi connectivity index (χ2v) is 4.69. The normalized spacial score (nSPS) is 12.5. The molecule has 0 aromatic heterocycles. The largest absolute Gasteiger partial charge is 0.371 e. The molecule has 0 aliphatic heterocycles. The van der Waals surface area contributed by atoms with Crippen LogP contribution in [0.3, 0.4) is 0 Å². The van der Waals surface area contributed by atoms with Crippen LogP contribution in [0.5, 0.6) is 0 Å². The number of rotatable bonds is 6. The summed E-state index contributed by atoms with van der Waals surface area (Å²) < 4.78 is 13.7. The highest BCUT2D eigenvalue weighted by atomic mass is 35.5. The van der Waals surface area contributed by atoms with E-state index in [1.165, 1.54) is 6.07 Å². The molecule has 0 radical (unpaired) electrons. The van der Waals surface area contributed by atoms with Gasteiger partial charge in [0.1, 0.15) is 5.82 Å². The smallest absolute Gasteiger partial charge is 0.129 e. The molecule has 1 rings (SSSR count). The number of halogens is 2. The lowest BCUT2D eigenvalue weighted by Gasteiger charge is -2.28. The van der Waals surface area contributed by atoms with E-state index in [9.17, 15) is 4.39 Å². The van der Waals surface area contributed by atoms with E-state index in [0.717, 1.165) is 25.2 Å². The van der Waals surface area contributed by atoms with Crippen LogP contribution in [0.25, 0.3) is 0 Å². The number of anilines is 1. The Balaban J connectivity index is 2.98. The zero-order valence-electron chi connectivity index (χ0n) is 10.8. The molecule has 96 valence electrons. The molecule has 0 N–H and O–H groups in total. The van der Waals surface area contributed by atoms with Crippen molar-refractivity contribution in [2.24, 2.45) is 5.92 Å². The van der Waals surface area contributed by atoms with Crippen molar-refractivity contribution in [3.05, 3.63) is 29.6 Å². The Morgan fingerprint density at radius 2 is 2.06 bits per heavy atom. The SMILES string of the molecule is CCC(C)CN(CC)c1cccc(F)c1CCl. The second kappa shape index (κ2) is 6.85. The maximum Gasteiger partial charge on any atom is 0.129 e. The summed E-state index contributed by atoms with van der Waals surface area (Å²) in [5, 5.41) is 0. The summed E-state index contributed by atoms with van der Waals surface area (Å²) in [5.74, 6) is 0.612. The highest BCUT2D eigenvalue weighted by Crippen LogP contribution is 2.25. The van der Waals surface area contributed by atoms with Gasteiger partial charge in [0.25, 0.3) is 0 Å². The first-order valence-electron chi connectivity index (χ1n) is 6.22. The molecule has 0 bridgehead atoms. The first-order valence-corrected chi connectivity index (χ1v) is 6.75. The van der Waals surface area contributed by atoms with Crippen molar-refractivity contribution in [2.75, 3.05) is 18.0 Å². The fourth-order valence-corrected chi connectivity index (χ4v) is 2.14. The van der Waals surface area contributed by atoms with Crippen LogP contribution < -0.4 is 4.90 Å². The minimum Gasteiger partial charge on any atom is -0.371 e. The zero-order valence-corrected chi connectivity index (χ0v) is 11.6. The van der Waals surface area contributed by atoms with Crippen LogP contribution in [-0.4, -0.2) is 13.1 Å². The molecule has 1 aromatic rings. The van der Waals surface area contributed by atoms with Crippen LogP contribution in [0.2, 0.25) is 0 Å². The standard InChI is InChI=1S/C14H21ClFN/c1-4-11(3)10-17(5-2)14-8-6-7-13(16)12(14)9-15/h6-8,11H,4-5,9-10H2,1-3H3. The molecule has 0 saturated carbocycles. The van der Waals surface area contributed by atoms with Crippen molar-refractivity contribution >= 4 is 17.3 Å². The van der Waals surface area contributed by atoms with Crippen molar-refractivity contribution in [1.82, 2.24) is 0 Å². The minimum atomic E-state index is -0.208. The maximum atomic E-state index is 13.7. The Bertz CT molecular complexity index is 354. The molecule has 17 heavy (non-hydrogen) atoms. The molecule has 0 spiro atoms. The molecule has 0 aliphatic rings. The summed E-state index contributed by atoms with van der Waals surface area (Å²) in [7, 11) is 0. The zero-order chi connectivity index (χ0) is 12.8. The molecular formula is C14H21ClFN. The van der Waals surface area contributed by atoms with E-state index in [4.69, 9.17) is 11.6 Å². The van der Waals surface area contributed by atoms with Gasteiger partial charge >= 0.3 is 0 Å².